The van der Waals surface area contributed by atoms with Gasteiger partial charge < -0.3 is 4.90 Å². The Morgan fingerprint density at radius 2 is 0.733 bits per heavy atom. The summed E-state index contributed by atoms with van der Waals surface area (Å²) in [4.78, 5) is 2.25. The van der Waals surface area contributed by atoms with Crippen molar-refractivity contribution in [3.05, 3.63) is 12.3 Å². The maximum atomic E-state index is 3.94. The molecule has 0 aromatic carbocycles. The third-order valence-corrected chi connectivity index (χ3v) is 5.71. The summed E-state index contributed by atoms with van der Waals surface area (Å²) in [6.07, 6.45) is 27.1. The highest BCUT2D eigenvalue weighted by molar-refractivity contribution is 4.85. The second-order valence-electron chi connectivity index (χ2n) is 8.81. The van der Waals surface area contributed by atoms with Gasteiger partial charge in [-0.1, -0.05) is 157 Å². The molecule has 0 heterocycles. The van der Waals surface area contributed by atoms with Crippen molar-refractivity contribution in [3.8, 4) is 0 Å². The van der Waals surface area contributed by atoms with Crippen molar-refractivity contribution < 1.29 is 0 Å². The quantitative estimate of drug-likeness (QED) is 0.175. The van der Waals surface area contributed by atoms with E-state index in [1.807, 2.05) is 13.8 Å². The van der Waals surface area contributed by atoms with Crippen molar-refractivity contribution in [2.24, 2.45) is 0 Å². The maximum Gasteiger partial charge on any atom is 0.0171 e. The second kappa shape index (κ2) is 33.2. The minimum Gasteiger partial charge on any atom is -0.379 e. The molecule has 0 saturated carbocycles. The van der Waals surface area contributed by atoms with Crippen molar-refractivity contribution in [1.29, 1.82) is 0 Å². The Balaban J connectivity index is -0.000000484. The van der Waals surface area contributed by atoms with E-state index in [1.54, 1.807) is 0 Å². The van der Waals surface area contributed by atoms with Crippen LogP contribution in [0.3, 0.4) is 0 Å². The molecule has 0 radical (unpaired) electrons. The fourth-order valence-corrected chi connectivity index (χ4v) is 3.41. The van der Waals surface area contributed by atoms with E-state index in [1.165, 1.54) is 134 Å². The monoisotopic (exact) mass is 425 g/mol. The van der Waals surface area contributed by atoms with Crippen molar-refractivity contribution in [3.63, 3.8) is 0 Å². The summed E-state index contributed by atoms with van der Waals surface area (Å²) in [5.41, 5.74) is 1.18. The van der Waals surface area contributed by atoms with Gasteiger partial charge in [0, 0.05) is 19.3 Å². The van der Waals surface area contributed by atoms with E-state index in [2.05, 4.69) is 46.2 Å². The molecule has 0 bridgehead atoms. The summed E-state index contributed by atoms with van der Waals surface area (Å²) in [7, 11) is 2.13. The van der Waals surface area contributed by atoms with Gasteiger partial charge in [0.2, 0.25) is 0 Å². The van der Waals surface area contributed by atoms with Crippen LogP contribution in [0, 0.1) is 0 Å². The van der Waals surface area contributed by atoms with Gasteiger partial charge in [0.15, 0.2) is 0 Å². The van der Waals surface area contributed by atoms with Crippen molar-refractivity contribution in [2.75, 3.05) is 13.6 Å². The lowest BCUT2D eigenvalue weighted by Crippen LogP contribution is -2.16. The minimum atomic E-state index is 1.17. The number of unbranched alkanes of at least 4 members (excludes halogenated alkanes) is 17. The molecule has 0 aliphatic carbocycles. The zero-order valence-corrected chi connectivity index (χ0v) is 22.8. The van der Waals surface area contributed by atoms with E-state index in [4.69, 9.17) is 0 Å². The second-order valence-corrected chi connectivity index (χ2v) is 8.81. The van der Waals surface area contributed by atoms with Gasteiger partial charge in [-0.05, 0) is 13.3 Å². The highest BCUT2D eigenvalue weighted by atomic mass is 15.1. The smallest absolute Gasteiger partial charge is 0.0171 e. The summed E-state index contributed by atoms with van der Waals surface area (Å²) >= 11 is 0. The highest BCUT2D eigenvalue weighted by Gasteiger charge is 1.96. The van der Waals surface area contributed by atoms with Crippen molar-refractivity contribution in [1.82, 2.24) is 4.90 Å². The first-order chi connectivity index (χ1) is 14.6. The van der Waals surface area contributed by atoms with Gasteiger partial charge >= 0.3 is 0 Å². The van der Waals surface area contributed by atoms with Gasteiger partial charge in [-0.2, -0.15) is 0 Å². The lowest BCUT2D eigenvalue weighted by Gasteiger charge is -2.18. The van der Waals surface area contributed by atoms with E-state index in [0.717, 1.165) is 0 Å². The Kier molecular flexibility index (Phi) is 37.8. The van der Waals surface area contributed by atoms with Crippen LogP contribution in [0.2, 0.25) is 0 Å². The highest BCUT2D eigenvalue weighted by Crippen LogP contribution is 2.11. The van der Waals surface area contributed by atoms with Gasteiger partial charge in [-0.3, -0.25) is 0 Å². The van der Waals surface area contributed by atoms with Crippen LogP contribution >= 0.6 is 0 Å². The molecule has 0 rings (SSSR count). The van der Waals surface area contributed by atoms with Crippen LogP contribution in [0.25, 0.3) is 0 Å². The Morgan fingerprint density at radius 1 is 0.500 bits per heavy atom. The Bertz CT molecular complexity index is 276. The average Bonchev–Trinajstić information content (AvgIpc) is 2.76. The molecule has 0 fully saturated rings. The largest absolute Gasteiger partial charge is 0.379 e. The zero-order valence-electron chi connectivity index (χ0n) is 22.8. The molecule has 0 amide bonds. The molecule has 0 unspecified atom stereocenters. The first-order valence-corrected chi connectivity index (χ1v) is 14.0. The van der Waals surface area contributed by atoms with E-state index in [0.29, 0.717) is 0 Å². The molecule has 30 heavy (non-hydrogen) atoms. The molecule has 0 aromatic rings. The van der Waals surface area contributed by atoms with Crippen LogP contribution in [0.15, 0.2) is 12.3 Å². The molecule has 0 aliphatic heterocycles. The summed E-state index contributed by atoms with van der Waals surface area (Å²) in [5.74, 6) is 0. The van der Waals surface area contributed by atoms with Crippen LogP contribution < -0.4 is 0 Å². The standard InChI is InChI=1S/C16H33N.C11H24.C2H6/c1-5-6-7-8-9-10-11-12-13-14-15-17(4)16(2)3;1-3-5-7-9-11-10-8-6-4-2;1-2/h2,5-15H2,1,3-4H3;3-11H2,1-2H3;1-2H3. The summed E-state index contributed by atoms with van der Waals surface area (Å²) in [5, 5.41) is 0. The molecule has 1 nitrogen and oxygen atoms in total. The van der Waals surface area contributed by atoms with Gasteiger partial charge in [0.1, 0.15) is 0 Å². The van der Waals surface area contributed by atoms with Gasteiger partial charge in [-0.25, -0.2) is 0 Å². The first-order valence-electron chi connectivity index (χ1n) is 14.0. The van der Waals surface area contributed by atoms with Crippen LogP contribution in [0.1, 0.15) is 164 Å². The van der Waals surface area contributed by atoms with E-state index in [-0.39, 0.29) is 0 Å². The number of hydrogen-bond donors (Lipinski definition) is 0. The maximum absolute atomic E-state index is 3.94. The molecule has 0 atom stereocenters. The van der Waals surface area contributed by atoms with E-state index >= 15 is 0 Å². The number of nitrogens with zero attached hydrogens (tertiary/aromatic N) is 1. The first kappa shape index (κ1) is 34.2. The topological polar surface area (TPSA) is 3.24 Å². The molecule has 0 spiro atoms. The predicted octanol–water partition coefficient (Wildman–Crippen LogP) is 10.9. The lowest BCUT2D eigenvalue weighted by atomic mass is 10.1. The van der Waals surface area contributed by atoms with Crippen molar-refractivity contribution in [2.45, 2.75) is 164 Å². The van der Waals surface area contributed by atoms with Crippen LogP contribution in [-0.2, 0) is 0 Å². The Labute approximate surface area is 194 Å². The van der Waals surface area contributed by atoms with Gasteiger partial charge in [0.25, 0.3) is 0 Å². The predicted molar refractivity (Wildman–Crippen MR) is 144 cm³/mol. The van der Waals surface area contributed by atoms with Crippen LogP contribution in [0.4, 0.5) is 0 Å². The zero-order chi connectivity index (χ0) is 23.3. The van der Waals surface area contributed by atoms with Crippen molar-refractivity contribution >= 4 is 0 Å². The Morgan fingerprint density at radius 3 is 0.967 bits per heavy atom. The summed E-state index contributed by atoms with van der Waals surface area (Å²) < 4.78 is 0. The molecular weight excluding hydrogens is 362 g/mol. The summed E-state index contributed by atoms with van der Waals surface area (Å²) in [6, 6.07) is 0. The molecule has 0 N–H and O–H groups in total. The molecule has 184 valence electrons. The van der Waals surface area contributed by atoms with Crippen LogP contribution in [0.5, 0.6) is 0 Å². The molecule has 0 aliphatic rings. The van der Waals surface area contributed by atoms with E-state index < -0.39 is 0 Å². The molecular formula is C29H63N. The molecule has 1 heteroatoms. The summed E-state index contributed by atoms with van der Waals surface area (Å²) in [6.45, 7) is 18.0. The average molecular weight is 426 g/mol. The third-order valence-electron chi connectivity index (χ3n) is 5.71. The molecule has 0 saturated heterocycles. The number of allylic oxidation sites excluding steroid dienone is 1. The Hall–Kier alpha value is -0.460. The van der Waals surface area contributed by atoms with Gasteiger partial charge in [0.05, 0.1) is 0 Å². The number of hydrogen-bond acceptors (Lipinski definition) is 1. The van der Waals surface area contributed by atoms with Crippen LogP contribution in [-0.4, -0.2) is 18.5 Å². The molecule has 0 aromatic heterocycles. The number of rotatable bonds is 20. The minimum absolute atomic E-state index is 1.17. The fraction of sp³-hybridized carbons (Fsp3) is 0.931. The van der Waals surface area contributed by atoms with E-state index in [9.17, 15) is 0 Å². The SMILES string of the molecule is C=C(C)N(C)CCCCCCCCCCCC.CC.CCCCCCCCCCC. The van der Waals surface area contributed by atoms with Gasteiger partial charge in [-0.15, -0.1) is 0 Å². The third kappa shape index (κ3) is 35.0. The normalized spacial score (nSPS) is 9.97. The lowest BCUT2D eigenvalue weighted by molar-refractivity contribution is 0.399. The fourth-order valence-electron chi connectivity index (χ4n) is 3.41.